The minimum absolute atomic E-state index is 0.0258. The van der Waals surface area contributed by atoms with E-state index in [1.165, 1.54) is 5.57 Å². The quantitative estimate of drug-likeness (QED) is 0.816. The van der Waals surface area contributed by atoms with Crippen LogP contribution in [0.5, 0.6) is 0 Å². The average Bonchev–Trinajstić information content (AvgIpc) is 2.92. The van der Waals surface area contributed by atoms with E-state index in [0.717, 1.165) is 44.9 Å². The highest BCUT2D eigenvalue weighted by Gasteiger charge is 2.57. The second-order valence-corrected chi connectivity index (χ2v) is 9.08. The number of rotatable bonds is 2. The standard InChI is InChI=1S/C21H30O3/c1-20-9-7-14(23)11-13(20)3-4-15-16-5-6-18(19(24)12-22)21(16,2)10-8-17(15)20/h3-4,14,16-18,22-23H,5-12H2,1-2H3/t14-,16-,17+,18+,20+,21-/m0/s1. The van der Waals surface area contributed by atoms with Gasteiger partial charge < -0.3 is 10.2 Å². The van der Waals surface area contributed by atoms with E-state index in [2.05, 4.69) is 26.0 Å². The van der Waals surface area contributed by atoms with E-state index in [0.29, 0.717) is 11.8 Å². The highest BCUT2D eigenvalue weighted by molar-refractivity contribution is 5.83. The molecule has 0 heterocycles. The summed E-state index contributed by atoms with van der Waals surface area (Å²) in [5, 5.41) is 19.4. The fraction of sp³-hybridized carbons (Fsp3) is 0.762. The van der Waals surface area contributed by atoms with E-state index in [-0.39, 0.29) is 35.2 Å². The van der Waals surface area contributed by atoms with Crippen LogP contribution < -0.4 is 0 Å². The molecule has 6 atom stereocenters. The normalized spacial score (nSPS) is 47.2. The summed E-state index contributed by atoms with van der Waals surface area (Å²) in [4.78, 5) is 12.3. The SMILES string of the molecule is C[C@]12CC[C@@H]3C(=CC=C4C[C@@H](O)CC[C@]43C)[C@@H]1CC[C@@H]2C(=O)CO. The highest BCUT2D eigenvalue weighted by atomic mass is 16.3. The molecule has 0 aromatic rings. The van der Waals surface area contributed by atoms with Gasteiger partial charge in [0, 0.05) is 5.92 Å². The zero-order chi connectivity index (χ0) is 17.1. The lowest BCUT2D eigenvalue weighted by molar-refractivity contribution is -0.129. The van der Waals surface area contributed by atoms with Crippen molar-refractivity contribution >= 4 is 5.78 Å². The molecule has 0 aliphatic heterocycles. The molecule has 0 spiro atoms. The topological polar surface area (TPSA) is 57.5 Å². The number of aliphatic hydroxyl groups excluding tert-OH is 2. The third-order valence-electron chi connectivity index (χ3n) is 8.09. The van der Waals surface area contributed by atoms with Gasteiger partial charge in [-0.05, 0) is 67.6 Å². The Bertz CT molecular complexity index is 619. The van der Waals surface area contributed by atoms with Gasteiger partial charge in [-0.1, -0.05) is 37.1 Å². The van der Waals surface area contributed by atoms with E-state index in [9.17, 15) is 15.0 Å². The fourth-order valence-corrected chi connectivity index (χ4v) is 6.62. The van der Waals surface area contributed by atoms with Gasteiger partial charge in [0.25, 0.3) is 0 Å². The Balaban J connectivity index is 1.69. The molecule has 4 aliphatic rings. The van der Waals surface area contributed by atoms with Crippen LogP contribution >= 0.6 is 0 Å². The second-order valence-electron chi connectivity index (χ2n) is 9.08. The van der Waals surface area contributed by atoms with Gasteiger partial charge in [-0.2, -0.15) is 0 Å². The van der Waals surface area contributed by atoms with Gasteiger partial charge >= 0.3 is 0 Å². The van der Waals surface area contributed by atoms with Gasteiger partial charge in [-0.3, -0.25) is 4.79 Å². The molecule has 3 fully saturated rings. The Morgan fingerprint density at radius 2 is 1.92 bits per heavy atom. The van der Waals surface area contributed by atoms with Crippen LogP contribution in [0.25, 0.3) is 0 Å². The molecular weight excluding hydrogens is 300 g/mol. The predicted octanol–water partition coefficient (Wildman–Crippen LogP) is 3.41. The molecule has 3 nitrogen and oxygen atoms in total. The van der Waals surface area contributed by atoms with Crippen LogP contribution in [0.1, 0.15) is 58.8 Å². The average molecular weight is 330 g/mol. The Labute approximate surface area is 144 Å². The molecule has 3 heteroatoms. The number of carbonyl (C=O) groups is 1. The van der Waals surface area contributed by atoms with Gasteiger partial charge in [-0.15, -0.1) is 0 Å². The number of fused-ring (bicyclic) bond motifs is 5. The van der Waals surface area contributed by atoms with E-state index in [1.807, 2.05) is 0 Å². The van der Waals surface area contributed by atoms with Crippen molar-refractivity contribution < 1.29 is 15.0 Å². The molecule has 0 unspecified atom stereocenters. The first-order valence-electron chi connectivity index (χ1n) is 9.63. The van der Waals surface area contributed by atoms with Gasteiger partial charge in [0.2, 0.25) is 0 Å². The molecule has 0 saturated heterocycles. The summed E-state index contributed by atoms with van der Waals surface area (Å²) in [7, 11) is 0. The third kappa shape index (κ3) is 2.13. The van der Waals surface area contributed by atoms with Crippen LogP contribution in [-0.2, 0) is 4.79 Å². The molecule has 24 heavy (non-hydrogen) atoms. The summed E-state index contributed by atoms with van der Waals surface area (Å²) in [5.74, 6) is 1.13. The Morgan fingerprint density at radius 1 is 1.12 bits per heavy atom. The monoisotopic (exact) mass is 330 g/mol. The molecule has 0 radical (unpaired) electrons. The number of allylic oxidation sites excluding steroid dienone is 3. The molecule has 132 valence electrons. The summed E-state index contributed by atoms with van der Waals surface area (Å²) in [6.07, 6.45) is 11.5. The van der Waals surface area contributed by atoms with E-state index in [4.69, 9.17) is 0 Å². The third-order valence-corrected chi connectivity index (χ3v) is 8.09. The summed E-state index contributed by atoms with van der Waals surface area (Å²) in [6.45, 7) is 4.37. The summed E-state index contributed by atoms with van der Waals surface area (Å²) >= 11 is 0. The molecule has 2 N–H and O–H groups in total. The zero-order valence-electron chi connectivity index (χ0n) is 14.9. The summed E-state index contributed by atoms with van der Waals surface area (Å²) < 4.78 is 0. The van der Waals surface area contributed by atoms with Crippen molar-refractivity contribution in [2.24, 2.45) is 28.6 Å². The number of Topliss-reactive ketones (excluding diaryl/α,β-unsaturated/α-hetero) is 1. The Hall–Kier alpha value is -0.930. The minimum atomic E-state index is -0.310. The van der Waals surface area contributed by atoms with Gasteiger partial charge in [0.05, 0.1) is 6.10 Å². The molecule has 0 aromatic heterocycles. The first-order valence-corrected chi connectivity index (χ1v) is 9.63. The Kier molecular flexibility index (Phi) is 3.81. The lowest BCUT2D eigenvalue weighted by atomic mass is 9.50. The maximum atomic E-state index is 12.3. The van der Waals surface area contributed by atoms with E-state index < -0.39 is 0 Å². The van der Waals surface area contributed by atoms with Crippen molar-refractivity contribution in [3.05, 3.63) is 23.3 Å². The molecule has 0 bridgehead atoms. The number of carbonyl (C=O) groups excluding carboxylic acids is 1. The maximum Gasteiger partial charge on any atom is 0.161 e. The van der Waals surface area contributed by atoms with Crippen LogP contribution in [0.3, 0.4) is 0 Å². The Morgan fingerprint density at radius 3 is 2.67 bits per heavy atom. The van der Waals surface area contributed by atoms with E-state index >= 15 is 0 Å². The molecule has 4 aliphatic carbocycles. The van der Waals surface area contributed by atoms with Crippen LogP contribution in [0.2, 0.25) is 0 Å². The smallest absolute Gasteiger partial charge is 0.161 e. The van der Waals surface area contributed by atoms with Gasteiger partial charge in [0.1, 0.15) is 6.61 Å². The predicted molar refractivity (Wildman–Crippen MR) is 93.3 cm³/mol. The van der Waals surface area contributed by atoms with Gasteiger partial charge in [0.15, 0.2) is 5.78 Å². The highest BCUT2D eigenvalue weighted by Crippen LogP contribution is 2.64. The van der Waals surface area contributed by atoms with Crippen molar-refractivity contribution in [3.63, 3.8) is 0 Å². The largest absolute Gasteiger partial charge is 0.393 e. The van der Waals surface area contributed by atoms with Crippen molar-refractivity contribution in [2.75, 3.05) is 6.61 Å². The summed E-state index contributed by atoms with van der Waals surface area (Å²) in [6, 6.07) is 0. The molecule has 3 saturated carbocycles. The van der Waals surface area contributed by atoms with Crippen molar-refractivity contribution in [1.29, 1.82) is 0 Å². The molecular formula is C21H30O3. The van der Waals surface area contributed by atoms with Crippen LogP contribution in [0.4, 0.5) is 0 Å². The van der Waals surface area contributed by atoms with Crippen LogP contribution in [0.15, 0.2) is 23.3 Å². The van der Waals surface area contributed by atoms with E-state index in [1.54, 1.807) is 5.57 Å². The second kappa shape index (κ2) is 5.54. The van der Waals surface area contributed by atoms with Crippen LogP contribution in [-0.4, -0.2) is 28.7 Å². The number of aliphatic hydroxyl groups is 2. The first kappa shape index (κ1) is 16.5. The van der Waals surface area contributed by atoms with Gasteiger partial charge in [-0.25, -0.2) is 0 Å². The number of hydrogen-bond donors (Lipinski definition) is 2. The van der Waals surface area contributed by atoms with Crippen molar-refractivity contribution in [2.45, 2.75) is 64.9 Å². The number of ketones is 1. The lowest BCUT2D eigenvalue weighted by Gasteiger charge is -2.54. The zero-order valence-corrected chi connectivity index (χ0v) is 14.9. The maximum absolute atomic E-state index is 12.3. The molecule has 0 amide bonds. The first-order chi connectivity index (χ1) is 11.4. The lowest BCUT2D eigenvalue weighted by Crippen LogP contribution is -2.47. The van der Waals surface area contributed by atoms with Crippen molar-refractivity contribution in [1.82, 2.24) is 0 Å². The van der Waals surface area contributed by atoms with Crippen molar-refractivity contribution in [3.8, 4) is 0 Å². The fourth-order valence-electron chi connectivity index (χ4n) is 6.62. The molecule has 0 aromatic carbocycles. The minimum Gasteiger partial charge on any atom is -0.393 e. The number of hydrogen-bond acceptors (Lipinski definition) is 3. The molecule has 4 rings (SSSR count). The summed E-state index contributed by atoms with van der Waals surface area (Å²) in [5.41, 5.74) is 3.21. The van der Waals surface area contributed by atoms with Crippen LogP contribution in [0, 0.1) is 28.6 Å².